The van der Waals surface area contributed by atoms with Gasteiger partial charge in [-0.05, 0) is 88.9 Å². The highest BCUT2D eigenvalue weighted by Crippen LogP contribution is 2.37. The summed E-state index contributed by atoms with van der Waals surface area (Å²) >= 11 is 2.20. The second-order valence-corrected chi connectivity index (χ2v) is 13.4. The van der Waals surface area contributed by atoms with E-state index in [1.165, 1.54) is 6.08 Å². The number of fused-ring (bicyclic) bond motifs is 1. The molecule has 0 radical (unpaired) electrons. The number of halogens is 1. The number of carbonyl (C=O) groups is 5. The van der Waals surface area contributed by atoms with E-state index in [1.807, 2.05) is 45.0 Å². The van der Waals surface area contributed by atoms with Gasteiger partial charge < -0.3 is 29.3 Å². The Morgan fingerprint density at radius 2 is 1.71 bits per heavy atom. The Morgan fingerprint density at radius 3 is 2.31 bits per heavy atom. The van der Waals surface area contributed by atoms with E-state index in [9.17, 15) is 24.0 Å². The van der Waals surface area contributed by atoms with Crippen LogP contribution in [0.15, 0.2) is 48.5 Å². The zero-order chi connectivity index (χ0) is 33.1. The number of rotatable bonds is 8. The number of anilines is 1. The van der Waals surface area contributed by atoms with E-state index >= 15 is 0 Å². The Hall–Kier alpha value is -3.94. The van der Waals surface area contributed by atoms with Crippen LogP contribution in [0.1, 0.15) is 44.7 Å². The third-order valence-electron chi connectivity index (χ3n) is 8.03. The number of nitrogens with one attached hydrogen (secondary N) is 1. The third kappa shape index (κ3) is 7.15. The molecule has 11 nitrogen and oxygen atoms in total. The van der Waals surface area contributed by atoms with Gasteiger partial charge in [-0.2, -0.15) is 0 Å². The highest BCUT2D eigenvalue weighted by atomic mass is 127. The lowest BCUT2D eigenvalue weighted by atomic mass is 9.85. The molecular weight excluding hydrogens is 693 g/mol. The summed E-state index contributed by atoms with van der Waals surface area (Å²) in [6, 6.07) is 11.0. The molecule has 1 N–H and O–H groups in total. The van der Waals surface area contributed by atoms with Gasteiger partial charge in [0.25, 0.3) is 0 Å². The number of ether oxygens (including phenoxy) is 3. The molecule has 0 aliphatic carbocycles. The van der Waals surface area contributed by atoms with Crippen LogP contribution < -0.4 is 15.0 Å². The van der Waals surface area contributed by atoms with Crippen LogP contribution >= 0.6 is 22.6 Å². The van der Waals surface area contributed by atoms with Crippen molar-refractivity contribution in [2.24, 2.45) is 5.41 Å². The first-order valence-corrected chi connectivity index (χ1v) is 15.6. The molecule has 2 atom stereocenters. The van der Waals surface area contributed by atoms with E-state index in [-0.39, 0.29) is 18.2 Å². The van der Waals surface area contributed by atoms with Gasteiger partial charge in [-0.15, -0.1) is 0 Å². The Labute approximate surface area is 276 Å². The maximum atomic E-state index is 13.9. The van der Waals surface area contributed by atoms with E-state index in [4.69, 9.17) is 14.2 Å². The fourth-order valence-corrected chi connectivity index (χ4v) is 5.91. The Balaban J connectivity index is 1.47. The SMILES string of the molecule is COC(=O)C1(C(=O)OC)Cc2cc(/C=C/C(=O)NC(C(=O)N3CCCC3C(=O)N(C)c3ccc(I)cc3)C(C)(C)C)ccc2O1. The first-order chi connectivity index (χ1) is 21.2. The third-order valence-corrected chi connectivity index (χ3v) is 8.75. The van der Waals surface area contributed by atoms with Crippen LogP contribution in [0.2, 0.25) is 0 Å². The largest absolute Gasteiger partial charge is 0.466 e. The zero-order valence-corrected chi connectivity index (χ0v) is 28.4. The molecule has 0 saturated carbocycles. The first-order valence-electron chi connectivity index (χ1n) is 14.5. The molecular formula is C33H38IN3O8. The molecule has 45 heavy (non-hydrogen) atoms. The van der Waals surface area contributed by atoms with E-state index < -0.39 is 40.9 Å². The minimum absolute atomic E-state index is 0.0926. The van der Waals surface area contributed by atoms with Crippen LogP contribution in [0.4, 0.5) is 5.69 Å². The molecule has 1 fully saturated rings. The van der Waals surface area contributed by atoms with Gasteiger partial charge in [0.1, 0.15) is 17.8 Å². The van der Waals surface area contributed by atoms with Crippen LogP contribution in [0.3, 0.4) is 0 Å². The molecule has 3 amide bonds. The van der Waals surface area contributed by atoms with E-state index in [0.29, 0.717) is 36.3 Å². The Bertz CT molecular complexity index is 1500. The molecule has 12 heteroatoms. The van der Waals surface area contributed by atoms with Crippen molar-refractivity contribution in [1.29, 1.82) is 0 Å². The second kappa shape index (κ2) is 13.6. The van der Waals surface area contributed by atoms with Crippen molar-refractivity contribution >= 4 is 64.0 Å². The molecule has 2 heterocycles. The highest BCUT2D eigenvalue weighted by Gasteiger charge is 2.55. The topological polar surface area (TPSA) is 132 Å². The van der Waals surface area contributed by atoms with Crippen LogP contribution in [0, 0.1) is 8.99 Å². The summed E-state index contributed by atoms with van der Waals surface area (Å²) in [5.41, 5.74) is -0.661. The minimum atomic E-state index is -1.94. The van der Waals surface area contributed by atoms with Gasteiger partial charge in [-0.25, -0.2) is 9.59 Å². The molecule has 2 unspecified atom stereocenters. The highest BCUT2D eigenvalue weighted by molar-refractivity contribution is 14.1. The zero-order valence-electron chi connectivity index (χ0n) is 26.2. The smallest absolute Gasteiger partial charge is 0.362 e. The summed E-state index contributed by atoms with van der Waals surface area (Å²) in [6.45, 7) is 6.00. The number of hydrogen-bond acceptors (Lipinski definition) is 8. The van der Waals surface area contributed by atoms with Crippen molar-refractivity contribution < 1.29 is 38.2 Å². The normalized spacial score (nSPS) is 17.7. The maximum absolute atomic E-state index is 13.9. The molecule has 0 bridgehead atoms. The van der Waals surface area contributed by atoms with Crippen LogP contribution in [-0.4, -0.2) is 80.1 Å². The molecule has 2 aliphatic heterocycles. The van der Waals surface area contributed by atoms with Gasteiger partial charge in [0.2, 0.25) is 17.7 Å². The summed E-state index contributed by atoms with van der Waals surface area (Å²) in [4.78, 5) is 68.6. The van der Waals surface area contributed by atoms with Crippen LogP contribution in [-0.2, 0) is 39.9 Å². The number of amides is 3. The molecule has 0 aromatic heterocycles. The Kier molecular flexibility index (Phi) is 10.3. The Morgan fingerprint density at radius 1 is 1.07 bits per heavy atom. The van der Waals surface area contributed by atoms with Gasteiger partial charge in [-0.3, -0.25) is 14.4 Å². The van der Waals surface area contributed by atoms with Gasteiger partial charge in [0.05, 0.1) is 14.2 Å². The molecule has 2 aliphatic rings. The fourth-order valence-electron chi connectivity index (χ4n) is 5.55. The monoisotopic (exact) mass is 731 g/mol. The van der Waals surface area contributed by atoms with E-state index in [0.717, 1.165) is 23.5 Å². The minimum Gasteiger partial charge on any atom is -0.466 e. The number of likely N-dealkylation sites (N-methyl/N-ethyl adjacent to an activating group) is 1. The number of benzene rings is 2. The number of likely N-dealkylation sites (tertiary alicyclic amines) is 1. The second-order valence-electron chi connectivity index (χ2n) is 12.2. The summed E-state index contributed by atoms with van der Waals surface area (Å²) < 4.78 is 16.3. The van der Waals surface area contributed by atoms with Crippen molar-refractivity contribution in [3.05, 3.63) is 63.2 Å². The maximum Gasteiger partial charge on any atom is 0.362 e. The van der Waals surface area contributed by atoms with E-state index in [2.05, 4.69) is 27.9 Å². The van der Waals surface area contributed by atoms with E-state index in [1.54, 1.807) is 41.1 Å². The molecule has 2 aromatic carbocycles. The van der Waals surface area contributed by atoms with Gasteiger partial charge in [0.15, 0.2) is 0 Å². The van der Waals surface area contributed by atoms with Crippen molar-refractivity contribution in [1.82, 2.24) is 10.2 Å². The average molecular weight is 732 g/mol. The lowest BCUT2D eigenvalue weighted by Crippen LogP contribution is -2.57. The summed E-state index contributed by atoms with van der Waals surface area (Å²) in [7, 11) is 4.02. The quantitative estimate of drug-likeness (QED) is 0.189. The number of carbonyl (C=O) groups excluding carboxylic acids is 5. The van der Waals surface area contributed by atoms with Crippen LogP contribution in [0.25, 0.3) is 6.08 Å². The molecule has 240 valence electrons. The van der Waals surface area contributed by atoms with Gasteiger partial charge in [0, 0.05) is 40.9 Å². The number of hydrogen-bond donors (Lipinski definition) is 1. The summed E-state index contributed by atoms with van der Waals surface area (Å²) in [5, 5.41) is 2.85. The number of methoxy groups -OCH3 is 2. The predicted octanol–water partition coefficient (Wildman–Crippen LogP) is 3.51. The summed E-state index contributed by atoms with van der Waals surface area (Å²) in [6.07, 6.45) is 4.01. The summed E-state index contributed by atoms with van der Waals surface area (Å²) in [5.74, 6) is -2.39. The number of nitrogens with zero attached hydrogens (tertiary/aromatic N) is 2. The van der Waals surface area contributed by atoms with Gasteiger partial charge >= 0.3 is 17.5 Å². The van der Waals surface area contributed by atoms with Crippen molar-refractivity contribution in [2.45, 2.75) is 57.7 Å². The average Bonchev–Trinajstić information content (AvgIpc) is 3.66. The van der Waals surface area contributed by atoms with Crippen molar-refractivity contribution in [3.8, 4) is 5.75 Å². The molecule has 1 saturated heterocycles. The van der Waals surface area contributed by atoms with Crippen molar-refractivity contribution in [2.75, 3.05) is 32.7 Å². The predicted molar refractivity (Wildman–Crippen MR) is 175 cm³/mol. The van der Waals surface area contributed by atoms with Crippen LogP contribution in [0.5, 0.6) is 5.75 Å². The van der Waals surface area contributed by atoms with Crippen molar-refractivity contribution in [3.63, 3.8) is 0 Å². The standard InChI is InChI=1S/C33H38IN3O8/c1-32(2,3)27(29(40)37-17-7-8-24(37)28(39)36(4)23-13-11-22(34)12-14-23)35-26(38)16-10-20-9-15-25-21(18-20)19-33(45-25,30(41)43-5)31(42)44-6/h9-16,18,24,27H,7-8,17,19H2,1-6H3,(H,35,38)/b16-10+. The number of esters is 2. The molecule has 0 spiro atoms. The lowest BCUT2D eigenvalue weighted by Gasteiger charge is -2.36. The van der Waals surface area contributed by atoms with Gasteiger partial charge in [-0.1, -0.05) is 26.8 Å². The fraction of sp³-hybridized carbons (Fsp3) is 0.424. The first kappa shape index (κ1) is 33.9. The molecule has 4 rings (SSSR count). The lowest BCUT2D eigenvalue weighted by molar-refractivity contribution is -0.174. The molecule has 2 aromatic rings.